The Labute approximate surface area is 147 Å². The Morgan fingerprint density at radius 3 is 2.75 bits per heavy atom. The number of para-hydroxylation sites is 2. The summed E-state index contributed by atoms with van der Waals surface area (Å²) in [6, 6.07) is 18.4. The highest BCUT2D eigenvalue weighted by Crippen LogP contribution is 2.32. The molecule has 0 aliphatic heterocycles. The van der Waals surface area contributed by atoms with E-state index < -0.39 is 0 Å². The Bertz CT molecular complexity index is 1030. The van der Waals surface area contributed by atoms with Crippen molar-refractivity contribution in [2.24, 2.45) is 0 Å². The molecule has 118 valence electrons. The Kier molecular flexibility index (Phi) is 3.78. The fraction of sp³-hybridized carbons (Fsp3) is 0.0526. The molecular formula is C19H14BrN3O. The van der Waals surface area contributed by atoms with Crippen LogP contribution in [0.25, 0.3) is 27.8 Å². The zero-order chi connectivity index (χ0) is 16.5. The third-order valence-corrected chi connectivity index (χ3v) is 4.38. The van der Waals surface area contributed by atoms with E-state index in [4.69, 9.17) is 4.74 Å². The minimum atomic E-state index is 0.742. The third kappa shape index (κ3) is 2.57. The highest BCUT2D eigenvalue weighted by atomic mass is 79.9. The van der Waals surface area contributed by atoms with Gasteiger partial charge in [-0.1, -0.05) is 24.3 Å². The third-order valence-electron chi connectivity index (χ3n) is 3.94. The van der Waals surface area contributed by atoms with Gasteiger partial charge in [-0.3, -0.25) is 4.57 Å². The molecule has 5 heteroatoms. The largest absolute Gasteiger partial charge is 0.494 e. The number of aromatic nitrogens is 3. The van der Waals surface area contributed by atoms with E-state index in [0.717, 1.165) is 38.2 Å². The summed E-state index contributed by atoms with van der Waals surface area (Å²) in [5.41, 5.74) is 5.16. The summed E-state index contributed by atoms with van der Waals surface area (Å²) in [4.78, 5) is 8.69. The Hall–Kier alpha value is -2.66. The second kappa shape index (κ2) is 6.09. The van der Waals surface area contributed by atoms with Crippen molar-refractivity contribution in [2.45, 2.75) is 0 Å². The molecule has 0 spiro atoms. The smallest absolute Gasteiger partial charge is 0.145 e. The van der Waals surface area contributed by atoms with Gasteiger partial charge in [-0.2, -0.15) is 0 Å². The van der Waals surface area contributed by atoms with E-state index in [9.17, 15) is 0 Å². The summed E-state index contributed by atoms with van der Waals surface area (Å²) in [6.45, 7) is 0. The fourth-order valence-corrected chi connectivity index (χ4v) is 3.13. The molecule has 4 nitrogen and oxygen atoms in total. The average molecular weight is 380 g/mol. The lowest BCUT2D eigenvalue weighted by atomic mass is 10.1. The van der Waals surface area contributed by atoms with Crippen LogP contribution in [0.4, 0.5) is 0 Å². The van der Waals surface area contributed by atoms with Gasteiger partial charge in [0.2, 0.25) is 0 Å². The second-order valence-corrected chi connectivity index (χ2v) is 6.17. The van der Waals surface area contributed by atoms with Crippen molar-refractivity contribution >= 4 is 27.0 Å². The van der Waals surface area contributed by atoms with Gasteiger partial charge in [0.15, 0.2) is 0 Å². The number of hydrogen-bond donors (Lipinski definition) is 0. The monoisotopic (exact) mass is 379 g/mol. The molecule has 2 heterocycles. The molecular weight excluding hydrogens is 366 g/mol. The van der Waals surface area contributed by atoms with E-state index in [0.29, 0.717) is 0 Å². The van der Waals surface area contributed by atoms with E-state index in [-0.39, 0.29) is 0 Å². The van der Waals surface area contributed by atoms with Crippen molar-refractivity contribution in [2.75, 3.05) is 7.11 Å². The predicted octanol–water partition coefficient (Wildman–Crippen LogP) is 4.86. The molecule has 24 heavy (non-hydrogen) atoms. The number of hydrogen-bond acceptors (Lipinski definition) is 3. The summed E-state index contributed by atoms with van der Waals surface area (Å²) in [6.07, 6.45) is 3.57. The maximum Gasteiger partial charge on any atom is 0.145 e. The van der Waals surface area contributed by atoms with Crippen LogP contribution in [0.5, 0.6) is 5.75 Å². The van der Waals surface area contributed by atoms with Crippen LogP contribution in [-0.4, -0.2) is 21.6 Å². The second-order valence-electron chi connectivity index (χ2n) is 5.36. The van der Waals surface area contributed by atoms with Crippen LogP contribution in [0.3, 0.4) is 0 Å². The molecule has 2 aromatic heterocycles. The van der Waals surface area contributed by atoms with E-state index in [2.05, 4.69) is 54.7 Å². The van der Waals surface area contributed by atoms with E-state index >= 15 is 0 Å². The van der Waals surface area contributed by atoms with Crippen LogP contribution < -0.4 is 4.74 Å². The normalized spacial score (nSPS) is 10.9. The summed E-state index contributed by atoms with van der Waals surface area (Å²) < 4.78 is 8.31. The standard InChI is InChI=1S/C19H14BrN3O/c1-24-18-11-21-19(20)10-15(18)13-5-4-6-14(9-13)23-12-22-16-7-2-3-8-17(16)23/h2-12H,1H3. The Balaban J connectivity index is 1.87. The van der Waals surface area contributed by atoms with Gasteiger partial charge in [-0.05, 0) is 51.8 Å². The van der Waals surface area contributed by atoms with Crippen molar-refractivity contribution in [1.82, 2.24) is 14.5 Å². The number of fused-ring (bicyclic) bond motifs is 1. The highest BCUT2D eigenvalue weighted by molar-refractivity contribution is 9.10. The van der Waals surface area contributed by atoms with Gasteiger partial charge < -0.3 is 4.74 Å². The molecule has 0 aliphatic rings. The minimum Gasteiger partial charge on any atom is -0.494 e. The van der Waals surface area contributed by atoms with Gasteiger partial charge in [0.1, 0.15) is 16.7 Å². The first-order valence-corrected chi connectivity index (χ1v) is 8.28. The quantitative estimate of drug-likeness (QED) is 0.477. The van der Waals surface area contributed by atoms with Crippen LogP contribution in [0.2, 0.25) is 0 Å². The molecule has 0 N–H and O–H groups in total. The number of benzene rings is 2. The molecule has 0 atom stereocenters. The van der Waals surface area contributed by atoms with E-state index in [1.54, 1.807) is 13.3 Å². The summed E-state index contributed by atoms with van der Waals surface area (Å²) in [5.74, 6) is 0.742. The maximum atomic E-state index is 5.45. The van der Waals surface area contributed by atoms with Crippen molar-refractivity contribution in [3.8, 4) is 22.6 Å². The predicted molar refractivity (Wildman–Crippen MR) is 98.6 cm³/mol. The van der Waals surface area contributed by atoms with Crippen molar-refractivity contribution in [3.63, 3.8) is 0 Å². The zero-order valence-corrected chi connectivity index (χ0v) is 14.6. The van der Waals surface area contributed by atoms with Crippen molar-refractivity contribution in [1.29, 1.82) is 0 Å². The number of ether oxygens (including phenoxy) is 1. The zero-order valence-electron chi connectivity index (χ0n) is 13.0. The summed E-state index contributed by atoms with van der Waals surface area (Å²) >= 11 is 3.43. The molecule has 2 aromatic carbocycles. The lowest BCUT2D eigenvalue weighted by Crippen LogP contribution is -1.94. The molecule has 0 saturated carbocycles. The first kappa shape index (κ1) is 14.9. The molecule has 4 rings (SSSR count). The number of halogens is 1. The van der Waals surface area contributed by atoms with Gasteiger partial charge >= 0.3 is 0 Å². The van der Waals surface area contributed by atoms with Crippen LogP contribution in [0, 0.1) is 0 Å². The van der Waals surface area contributed by atoms with E-state index in [1.807, 2.05) is 36.7 Å². The number of rotatable bonds is 3. The molecule has 0 amide bonds. The molecule has 0 unspecified atom stereocenters. The van der Waals surface area contributed by atoms with Crippen molar-refractivity contribution in [3.05, 3.63) is 71.7 Å². The molecule has 0 radical (unpaired) electrons. The summed E-state index contributed by atoms with van der Waals surface area (Å²) in [7, 11) is 1.65. The van der Waals surface area contributed by atoms with Gasteiger partial charge in [0.05, 0.1) is 24.3 Å². The Morgan fingerprint density at radius 2 is 1.88 bits per heavy atom. The minimum absolute atomic E-state index is 0.742. The van der Waals surface area contributed by atoms with Gasteiger partial charge in [0.25, 0.3) is 0 Å². The lowest BCUT2D eigenvalue weighted by molar-refractivity contribution is 0.414. The van der Waals surface area contributed by atoms with Crippen LogP contribution in [0.1, 0.15) is 0 Å². The number of pyridine rings is 1. The average Bonchev–Trinajstić information content (AvgIpc) is 3.06. The number of imidazole rings is 1. The first-order valence-electron chi connectivity index (χ1n) is 7.49. The molecule has 0 aliphatic carbocycles. The topological polar surface area (TPSA) is 39.9 Å². The van der Waals surface area contributed by atoms with Gasteiger partial charge in [0, 0.05) is 11.3 Å². The van der Waals surface area contributed by atoms with Crippen LogP contribution >= 0.6 is 15.9 Å². The maximum absolute atomic E-state index is 5.45. The van der Waals surface area contributed by atoms with Gasteiger partial charge in [-0.15, -0.1) is 0 Å². The number of methoxy groups -OCH3 is 1. The fourth-order valence-electron chi connectivity index (χ4n) is 2.79. The van der Waals surface area contributed by atoms with Crippen LogP contribution in [-0.2, 0) is 0 Å². The molecule has 0 saturated heterocycles. The molecule has 0 fully saturated rings. The first-order chi connectivity index (χ1) is 11.8. The Morgan fingerprint density at radius 1 is 1.00 bits per heavy atom. The van der Waals surface area contributed by atoms with E-state index in [1.165, 1.54) is 0 Å². The number of nitrogens with zero attached hydrogens (tertiary/aromatic N) is 3. The van der Waals surface area contributed by atoms with Gasteiger partial charge in [-0.25, -0.2) is 9.97 Å². The molecule has 4 aromatic rings. The summed E-state index contributed by atoms with van der Waals surface area (Å²) in [5, 5.41) is 0. The highest BCUT2D eigenvalue weighted by Gasteiger charge is 2.10. The lowest BCUT2D eigenvalue weighted by Gasteiger charge is -2.11. The van der Waals surface area contributed by atoms with Crippen LogP contribution in [0.15, 0.2) is 71.7 Å². The van der Waals surface area contributed by atoms with Crippen molar-refractivity contribution < 1.29 is 4.74 Å². The molecule has 0 bridgehead atoms. The SMILES string of the molecule is COc1cnc(Br)cc1-c1cccc(-n2cnc3ccccc32)c1.